The van der Waals surface area contributed by atoms with Gasteiger partial charge in [0.2, 0.25) is 10.0 Å². The first kappa shape index (κ1) is 19.4. The molecule has 2 rings (SSSR count). The third-order valence-corrected chi connectivity index (χ3v) is 5.95. The Kier molecular flexibility index (Phi) is 5.84. The van der Waals surface area contributed by atoms with Crippen molar-refractivity contribution < 1.29 is 23.1 Å². The van der Waals surface area contributed by atoms with Crippen LogP contribution in [0.2, 0.25) is 0 Å². The van der Waals surface area contributed by atoms with Gasteiger partial charge in [-0.05, 0) is 43.4 Å². The molecule has 0 bridgehead atoms. The Morgan fingerprint density at radius 3 is 2.48 bits per heavy atom. The zero-order valence-corrected chi connectivity index (χ0v) is 15.4. The fraction of sp³-hybridized carbons (Fsp3) is 0.529. The van der Waals surface area contributed by atoms with Gasteiger partial charge in [0.15, 0.2) is 0 Å². The lowest BCUT2D eigenvalue weighted by Crippen LogP contribution is -2.45. The molecule has 3 N–H and O–H groups in total. The summed E-state index contributed by atoms with van der Waals surface area (Å²) >= 11 is 0. The van der Waals surface area contributed by atoms with E-state index in [0.717, 1.165) is 12.8 Å². The molecule has 0 radical (unpaired) electrons. The summed E-state index contributed by atoms with van der Waals surface area (Å²) in [6.45, 7) is 5.26. The highest BCUT2D eigenvalue weighted by atomic mass is 32.2. The third-order valence-electron chi connectivity index (χ3n) is 4.43. The van der Waals surface area contributed by atoms with E-state index in [4.69, 9.17) is 0 Å². The van der Waals surface area contributed by atoms with E-state index in [1.807, 2.05) is 6.92 Å². The predicted octanol–water partition coefficient (Wildman–Crippen LogP) is 1.66. The van der Waals surface area contributed by atoms with Crippen LogP contribution in [0.3, 0.4) is 0 Å². The topological polar surface area (TPSA) is 113 Å². The number of carboxylic acids is 1. The van der Waals surface area contributed by atoms with E-state index < -0.39 is 27.9 Å². The van der Waals surface area contributed by atoms with Gasteiger partial charge in [-0.1, -0.05) is 26.3 Å². The number of aliphatic carboxylic acids is 1. The fourth-order valence-corrected chi connectivity index (χ4v) is 3.73. The minimum atomic E-state index is -3.68. The van der Waals surface area contributed by atoms with Gasteiger partial charge in [0.05, 0.1) is 4.90 Å². The Morgan fingerprint density at radius 2 is 1.96 bits per heavy atom. The number of rotatable bonds is 8. The van der Waals surface area contributed by atoms with Crippen molar-refractivity contribution in [1.29, 1.82) is 0 Å². The van der Waals surface area contributed by atoms with Crippen LogP contribution in [-0.4, -0.2) is 37.5 Å². The largest absolute Gasteiger partial charge is 0.480 e. The highest BCUT2D eigenvalue weighted by Crippen LogP contribution is 2.23. The van der Waals surface area contributed by atoms with Crippen LogP contribution in [0.1, 0.15) is 49.0 Å². The number of benzene rings is 1. The summed E-state index contributed by atoms with van der Waals surface area (Å²) in [5.41, 5.74) is 0.740. The van der Waals surface area contributed by atoms with Crippen LogP contribution < -0.4 is 10.0 Å². The van der Waals surface area contributed by atoms with Gasteiger partial charge in [-0.2, -0.15) is 0 Å². The first-order chi connectivity index (χ1) is 11.7. The Morgan fingerprint density at radius 1 is 1.32 bits per heavy atom. The lowest BCUT2D eigenvalue weighted by Gasteiger charge is -2.21. The molecule has 0 aliphatic heterocycles. The van der Waals surface area contributed by atoms with Crippen LogP contribution in [0.5, 0.6) is 0 Å². The van der Waals surface area contributed by atoms with Crippen molar-refractivity contribution in [3.05, 3.63) is 29.3 Å². The van der Waals surface area contributed by atoms with E-state index >= 15 is 0 Å². The SMILES string of the molecule is CC[C@H](C)[C@H](NC(=O)c1cc(S(=O)(=O)NC2CC2)ccc1C)C(=O)O. The number of nitrogens with one attached hydrogen (secondary N) is 2. The van der Waals surface area contributed by atoms with E-state index in [9.17, 15) is 23.1 Å². The summed E-state index contributed by atoms with van der Waals surface area (Å²) in [4.78, 5) is 23.9. The lowest BCUT2D eigenvalue weighted by atomic mass is 9.98. The number of carboxylic acid groups (broad SMARTS) is 1. The van der Waals surface area contributed by atoms with Crippen molar-refractivity contribution in [3.8, 4) is 0 Å². The van der Waals surface area contributed by atoms with E-state index in [1.165, 1.54) is 12.1 Å². The Bertz CT molecular complexity index is 771. The van der Waals surface area contributed by atoms with E-state index in [-0.39, 0.29) is 22.4 Å². The Hall–Kier alpha value is -1.93. The van der Waals surface area contributed by atoms with Gasteiger partial charge in [-0.3, -0.25) is 4.79 Å². The minimum absolute atomic E-state index is 0.00515. The first-order valence-electron chi connectivity index (χ1n) is 8.32. The molecule has 138 valence electrons. The molecule has 0 spiro atoms. The molecule has 1 aromatic rings. The maximum Gasteiger partial charge on any atom is 0.326 e. The van der Waals surface area contributed by atoms with Gasteiger partial charge in [-0.25, -0.2) is 17.9 Å². The van der Waals surface area contributed by atoms with Crippen LogP contribution in [0.25, 0.3) is 0 Å². The van der Waals surface area contributed by atoms with Gasteiger partial charge in [0.1, 0.15) is 6.04 Å². The van der Waals surface area contributed by atoms with Crippen molar-refractivity contribution >= 4 is 21.9 Å². The van der Waals surface area contributed by atoms with Crippen LogP contribution in [0.15, 0.2) is 23.1 Å². The van der Waals surface area contributed by atoms with E-state index in [1.54, 1.807) is 19.9 Å². The fourth-order valence-electron chi connectivity index (χ4n) is 2.40. The summed E-state index contributed by atoms with van der Waals surface area (Å²) in [5.74, 6) is -1.95. The molecule has 0 heterocycles. The van der Waals surface area contributed by atoms with Crippen LogP contribution in [-0.2, 0) is 14.8 Å². The van der Waals surface area contributed by atoms with Gasteiger partial charge >= 0.3 is 5.97 Å². The van der Waals surface area contributed by atoms with Gasteiger partial charge < -0.3 is 10.4 Å². The van der Waals surface area contributed by atoms with Gasteiger partial charge in [-0.15, -0.1) is 0 Å². The molecule has 0 unspecified atom stereocenters. The Balaban J connectivity index is 2.26. The van der Waals surface area contributed by atoms with Crippen LogP contribution in [0.4, 0.5) is 0 Å². The average molecular weight is 368 g/mol. The zero-order chi connectivity index (χ0) is 18.8. The zero-order valence-electron chi connectivity index (χ0n) is 14.6. The third kappa shape index (κ3) is 4.79. The molecule has 1 amide bonds. The van der Waals surface area contributed by atoms with Gasteiger partial charge in [0, 0.05) is 11.6 Å². The summed E-state index contributed by atoms with van der Waals surface area (Å²) in [6.07, 6.45) is 2.22. The van der Waals surface area contributed by atoms with Crippen molar-refractivity contribution in [2.24, 2.45) is 5.92 Å². The smallest absolute Gasteiger partial charge is 0.326 e. The predicted molar refractivity (Wildman–Crippen MR) is 92.9 cm³/mol. The molecule has 0 saturated heterocycles. The average Bonchev–Trinajstić information content (AvgIpc) is 3.34. The second-order valence-electron chi connectivity index (χ2n) is 6.55. The summed E-state index contributed by atoms with van der Waals surface area (Å²) in [5, 5.41) is 11.8. The van der Waals surface area contributed by atoms with Crippen LogP contribution in [0, 0.1) is 12.8 Å². The molecular weight excluding hydrogens is 344 g/mol. The van der Waals surface area contributed by atoms with Crippen molar-refractivity contribution in [3.63, 3.8) is 0 Å². The highest BCUT2D eigenvalue weighted by molar-refractivity contribution is 7.89. The molecule has 1 aliphatic carbocycles. The van der Waals surface area contributed by atoms with Crippen molar-refractivity contribution in [2.75, 3.05) is 0 Å². The second kappa shape index (κ2) is 7.53. The molecule has 0 aromatic heterocycles. The summed E-state index contributed by atoms with van der Waals surface area (Å²) < 4.78 is 27.2. The standard InChI is InChI=1S/C17H24N2O5S/c1-4-10(2)15(17(21)22)18-16(20)14-9-13(8-5-11(14)3)25(23,24)19-12-6-7-12/h5,8-10,12,15,19H,4,6-7H2,1-3H3,(H,18,20)(H,21,22)/t10-,15-/m0/s1. The molecule has 1 saturated carbocycles. The molecule has 7 nitrogen and oxygen atoms in total. The maximum atomic E-state index is 12.5. The highest BCUT2D eigenvalue weighted by Gasteiger charge is 2.30. The van der Waals surface area contributed by atoms with E-state index in [2.05, 4.69) is 10.0 Å². The number of carbonyl (C=O) groups is 2. The minimum Gasteiger partial charge on any atom is -0.480 e. The number of hydrogen-bond acceptors (Lipinski definition) is 4. The molecule has 25 heavy (non-hydrogen) atoms. The Labute approximate surface area is 147 Å². The number of carbonyl (C=O) groups excluding carboxylic acids is 1. The number of aryl methyl sites for hydroxylation is 1. The number of amides is 1. The molecule has 1 aromatic carbocycles. The molecule has 1 aliphatic rings. The molecular formula is C17H24N2O5S. The lowest BCUT2D eigenvalue weighted by molar-refractivity contribution is -0.140. The normalized spacial score (nSPS) is 16.9. The molecule has 8 heteroatoms. The van der Waals surface area contributed by atoms with Crippen molar-refractivity contribution in [1.82, 2.24) is 10.0 Å². The monoisotopic (exact) mass is 368 g/mol. The van der Waals surface area contributed by atoms with Crippen molar-refractivity contribution in [2.45, 2.75) is 57.0 Å². The van der Waals surface area contributed by atoms with Crippen LogP contribution >= 0.6 is 0 Å². The molecule has 2 atom stereocenters. The quantitative estimate of drug-likeness (QED) is 0.646. The maximum absolute atomic E-state index is 12.5. The molecule has 1 fully saturated rings. The first-order valence-corrected chi connectivity index (χ1v) is 9.80. The summed E-state index contributed by atoms with van der Waals surface area (Å²) in [6, 6.07) is 3.23. The second-order valence-corrected chi connectivity index (χ2v) is 8.26. The van der Waals surface area contributed by atoms with E-state index in [0.29, 0.717) is 12.0 Å². The number of hydrogen-bond donors (Lipinski definition) is 3. The van der Waals surface area contributed by atoms with Gasteiger partial charge in [0.25, 0.3) is 5.91 Å². The number of sulfonamides is 1. The summed E-state index contributed by atoms with van der Waals surface area (Å²) in [7, 11) is -3.68.